The monoisotopic (exact) mass is 343 g/mol. The number of ether oxygens (including phenoxy) is 2. The van der Waals surface area contributed by atoms with Crippen molar-refractivity contribution < 1.29 is 14.3 Å². The molecule has 1 aromatic heterocycles. The minimum Gasteiger partial charge on any atom is -0.481 e. The number of hydrogen-bond acceptors (Lipinski definition) is 4. The number of aromatic nitrogens is 2. The molecule has 2 aromatic rings. The van der Waals surface area contributed by atoms with Gasteiger partial charge in [-0.3, -0.25) is 4.79 Å². The van der Waals surface area contributed by atoms with Gasteiger partial charge in [0.2, 0.25) is 5.88 Å². The molecule has 0 spiro atoms. The Hall–Kier alpha value is -2.34. The van der Waals surface area contributed by atoms with E-state index < -0.39 is 6.10 Å². The maximum absolute atomic E-state index is 13.2. The predicted octanol–water partition coefficient (Wildman–Crippen LogP) is 2.79. The van der Waals surface area contributed by atoms with E-state index in [1.807, 2.05) is 49.2 Å². The van der Waals surface area contributed by atoms with E-state index in [0.29, 0.717) is 6.54 Å². The molecular weight excluding hydrogens is 318 g/mol. The Labute approximate surface area is 148 Å². The quantitative estimate of drug-likeness (QED) is 0.838. The van der Waals surface area contributed by atoms with E-state index >= 15 is 0 Å². The summed E-state index contributed by atoms with van der Waals surface area (Å²) in [5.41, 5.74) is 2.77. The first kappa shape index (κ1) is 17.5. The number of amides is 1. The van der Waals surface area contributed by atoms with Crippen molar-refractivity contribution in [2.75, 3.05) is 20.8 Å². The van der Waals surface area contributed by atoms with Crippen molar-refractivity contribution in [3.63, 3.8) is 0 Å². The van der Waals surface area contributed by atoms with E-state index in [9.17, 15) is 4.79 Å². The number of carbonyl (C=O) groups is 1. The van der Waals surface area contributed by atoms with E-state index in [0.717, 1.165) is 35.5 Å². The van der Waals surface area contributed by atoms with Gasteiger partial charge >= 0.3 is 0 Å². The Morgan fingerprint density at radius 3 is 2.64 bits per heavy atom. The highest BCUT2D eigenvalue weighted by Gasteiger charge is 2.38. The van der Waals surface area contributed by atoms with Crippen LogP contribution in [0.2, 0.25) is 0 Å². The number of nitrogens with zero attached hydrogens (tertiary/aromatic N) is 3. The highest BCUT2D eigenvalue weighted by Crippen LogP contribution is 2.40. The smallest absolute Gasteiger partial charge is 0.256 e. The second kappa shape index (κ2) is 7.27. The van der Waals surface area contributed by atoms with Crippen molar-refractivity contribution in [1.82, 2.24) is 14.7 Å². The Bertz CT molecular complexity index is 742. The molecule has 0 bridgehead atoms. The Kier molecular flexibility index (Phi) is 5.08. The molecule has 1 amide bonds. The van der Waals surface area contributed by atoms with Gasteiger partial charge in [0.05, 0.1) is 24.4 Å². The molecule has 1 fully saturated rings. The molecule has 0 unspecified atom stereocenters. The fraction of sp³-hybridized carbons (Fsp3) is 0.474. The fourth-order valence-corrected chi connectivity index (χ4v) is 3.77. The zero-order chi connectivity index (χ0) is 18.0. The third kappa shape index (κ3) is 3.14. The minimum absolute atomic E-state index is 0.0125. The molecule has 25 heavy (non-hydrogen) atoms. The lowest BCUT2D eigenvalue weighted by molar-refractivity contribution is -0.143. The lowest BCUT2D eigenvalue weighted by Crippen LogP contribution is -2.35. The van der Waals surface area contributed by atoms with E-state index in [4.69, 9.17) is 9.47 Å². The summed E-state index contributed by atoms with van der Waals surface area (Å²) in [7, 11) is 5.08. The third-order valence-corrected chi connectivity index (χ3v) is 4.84. The van der Waals surface area contributed by atoms with Crippen LogP contribution in [-0.2, 0) is 16.6 Å². The number of methoxy groups -OCH3 is 2. The summed E-state index contributed by atoms with van der Waals surface area (Å²) < 4.78 is 12.8. The summed E-state index contributed by atoms with van der Waals surface area (Å²) in [4.78, 5) is 15.1. The van der Waals surface area contributed by atoms with E-state index in [2.05, 4.69) is 5.10 Å². The van der Waals surface area contributed by atoms with Gasteiger partial charge in [-0.15, -0.1) is 0 Å². The topological polar surface area (TPSA) is 56.6 Å². The number of likely N-dealkylation sites (tertiary alicyclic amines) is 1. The molecule has 1 aliphatic heterocycles. The summed E-state index contributed by atoms with van der Waals surface area (Å²) in [5, 5.41) is 4.47. The van der Waals surface area contributed by atoms with Crippen molar-refractivity contribution in [2.45, 2.75) is 31.9 Å². The largest absolute Gasteiger partial charge is 0.481 e. The van der Waals surface area contributed by atoms with Crippen molar-refractivity contribution in [3.05, 3.63) is 47.2 Å². The molecule has 1 aliphatic rings. The zero-order valence-electron chi connectivity index (χ0n) is 15.2. The maximum atomic E-state index is 13.2. The van der Waals surface area contributed by atoms with Gasteiger partial charge in [-0.1, -0.05) is 30.3 Å². The maximum Gasteiger partial charge on any atom is 0.256 e. The first-order valence-corrected chi connectivity index (χ1v) is 8.54. The van der Waals surface area contributed by atoms with Crippen molar-refractivity contribution in [2.24, 2.45) is 7.05 Å². The average molecular weight is 343 g/mol. The molecule has 6 nitrogen and oxygen atoms in total. The molecule has 3 rings (SSSR count). The number of benzene rings is 1. The molecule has 6 heteroatoms. The molecule has 0 N–H and O–H groups in total. The first-order chi connectivity index (χ1) is 12.1. The van der Waals surface area contributed by atoms with Crippen LogP contribution in [0, 0.1) is 6.92 Å². The van der Waals surface area contributed by atoms with Crippen LogP contribution in [0.15, 0.2) is 30.3 Å². The molecule has 1 saturated heterocycles. The van der Waals surface area contributed by atoms with Gasteiger partial charge in [-0.2, -0.15) is 5.10 Å². The van der Waals surface area contributed by atoms with Crippen LogP contribution in [0.3, 0.4) is 0 Å². The summed E-state index contributed by atoms with van der Waals surface area (Å²) in [6.45, 7) is 2.68. The SMILES string of the molecule is COc1c([C@@H]2CCCN2C(=O)[C@@H](OC)c2ccccc2)c(C)nn1C. The lowest BCUT2D eigenvalue weighted by atomic mass is 10.0. The van der Waals surface area contributed by atoms with Crippen LogP contribution in [0.5, 0.6) is 5.88 Å². The average Bonchev–Trinajstić information content (AvgIpc) is 3.19. The summed E-state index contributed by atoms with van der Waals surface area (Å²) >= 11 is 0. The van der Waals surface area contributed by atoms with Gasteiger partial charge in [-0.05, 0) is 25.3 Å². The minimum atomic E-state index is -0.593. The third-order valence-electron chi connectivity index (χ3n) is 4.84. The highest BCUT2D eigenvalue weighted by atomic mass is 16.5. The van der Waals surface area contributed by atoms with Crippen LogP contribution >= 0.6 is 0 Å². The van der Waals surface area contributed by atoms with Gasteiger partial charge < -0.3 is 14.4 Å². The van der Waals surface area contributed by atoms with E-state index in [-0.39, 0.29) is 11.9 Å². The lowest BCUT2D eigenvalue weighted by Gasteiger charge is -2.29. The Balaban J connectivity index is 1.93. The van der Waals surface area contributed by atoms with Crippen LogP contribution in [0.25, 0.3) is 0 Å². The van der Waals surface area contributed by atoms with Crippen LogP contribution in [0.1, 0.15) is 41.8 Å². The molecule has 2 atom stereocenters. The molecule has 1 aromatic carbocycles. The van der Waals surface area contributed by atoms with Crippen molar-refractivity contribution in [3.8, 4) is 5.88 Å². The summed E-state index contributed by atoms with van der Waals surface area (Å²) in [6.07, 6.45) is 1.27. The van der Waals surface area contributed by atoms with Crippen LogP contribution in [-0.4, -0.2) is 41.4 Å². The Morgan fingerprint density at radius 2 is 2.00 bits per heavy atom. The van der Waals surface area contributed by atoms with Gasteiger partial charge in [-0.25, -0.2) is 4.68 Å². The van der Waals surface area contributed by atoms with Gasteiger partial charge in [0.25, 0.3) is 5.91 Å². The standard InChI is InChI=1S/C19H25N3O3/c1-13-16(19(25-4)21(2)20-13)15-11-8-12-22(15)18(23)17(24-3)14-9-6-5-7-10-14/h5-7,9-10,15,17H,8,11-12H2,1-4H3/t15-,17-/m0/s1. The summed E-state index contributed by atoms with van der Waals surface area (Å²) in [6, 6.07) is 9.59. The second-order valence-corrected chi connectivity index (χ2v) is 6.35. The van der Waals surface area contributed by atoms with Gasteiger partial charge in [0, 0.05) is 20.7 Å². The van der Waals surface area contributed by atoms with Crippen molar-refractivity contribution >= 4 is 5.91 Å². The molecule has 134 valence electrons. The first-order valence-electron chi connectivity index (χ1n) is 8.54. The van der Waals surface area contributed by atoms with E-state index in [1.54, 1.807) is 18.9 Å². The number of hydrogen-bond donors (Lipinski definition) is 0. The fourth-order valence-electron chi connectivity index (χ4n) is 3.77. The molecule has 2 heterocycles. The van der Waals surface area contributed by atoms with Gasteiger partial charge in [0.1, 0.15) is 0 Å². The second-order valence-electron chi connectivity index (χ2n) is 6.35. The number of carbonyl (C=O) groups excluding carboxylic acids is 1. The number of rotatable bonds is 5. The zero-order valence-corrected chi connectivity index (χ0v) is 15.2. The van der Waals surface area contributed by atoms with Crippen LogP contribution in [0.4, 0.5) is 0 Å². The predicted molar refractivity (Wildman–Crippen MR) is 94.4 cm³/mol. The van der Waals surface area contributed by atoms with Crippen LogP contribution < -0.4 is 4.74 Å². The highest BCUT2D eigenvalue weighted by molar-refractivity contribution is 5.83. The molecule has 0 radical (unpaired) electrons. The van der Waals surface area contributed by atoms with Crippen molar-refractivity contribution in [1.29, 1.82) is 0 Å². The molecule has 0 saturated carbocycles. The normalized spacial score (nSPS) is 18.4. The van der Waals surface area contributed by atoms with Gasteiger partial charge in [0.15, 0.2) is 6.10 Å². The Morgan fingerprint density at radius 1 is 1.28 bits per heavy atom. The van der Waals surface area contributed by atoms with E-state index in [1.165, 1.54) is 0 Å². The summed E-state index contributed by atoms with van der Waals surface area (Å²) in [5.74, 6) is 0.706. The molecule has 0 aliphatic carbocycles. The molecular formula is C19H25N3O3. The number of aryl methyl sites for hydroxylation is 2.